The SMILES string of the molecule is Cc1ccc(C)c(N(CC(=O)N(Cc2ccc(Cl)cc2)[C@H](Cc2ccccc2)C(=O)NC2CCCCC2)S(=O)(=O)N(C)C)c1. The lowest BCUT2D eigenvalue weighted by atomic mass is 9.94. The van der Waals surface area contributed by atoms with Crippen molar-refractivity contribution in [1.29, 1.82) is 0 Å². The van der Waals surface area contributed by atoms with E-state index in [1.54, 1.807) is 18.2 Å². The van der Waals surface area contributed by atoms with Crippen LogP contribution in [0, 0.1) is 13.8 Å². The molecule has 0 unspecified atom stereocenters. The normalized spacial score (nSPS) is 14.7. The van der Waals surface area contributed by atoms with Crippen molar-refractivity contribution in [2.75, 3.05) is 24.9 Å². The van der Waals surface area contributed by atoms with Crippen LogP contribution >= 0.6 is 11.6 Å². The highest BCUT2D eigenvalue weighted by molar-refractivity contribution is 7.90. The summed E-state index contributed by atoms with van der Waals surface area (Å²) in [5, 5.41) is 3.78. The van der Waals surface area contributed by atoms with E-state index in [-0.39, 0.29) is 24.9 Å². The Labute approximate surface area is 267 Å². The first-order valence-electron chi connectivity index (χ1n) is 15.1. The summed E-state index contributed by atoms with van der Waals surface area (Å²) >= 11 is 6.16. The molecule has 0 spiro atoms. The largest absolute Gasteiger partial charge is 0.352 e. The van der Waals surface area contributed by atoms with Gasteiger partial charge in [0.05, 0.1) is 5.69 Å². The Hall–Kier alpha value is -3.40. The third-order valence-corrected chi connectivity index (χ3v) is 10.2. The van der Waals surface area contributed by atoms with Gasteiger partial charge < -0.3 is 10.2 Å². The van der Waals surface area contributed by atoms with Gasteiger partial charge in [-0.15, -0.1) is 0 Å². The van der Waals surface area contributed by atoms with Gasteiger partial charge in [0.1, 0.15) is 12.6 Å². The van der Waals surface area contributed by atoms with Gasteiger partial charge in [0.25, 0.3) is 0 Å². The summed E-state index contributed by atoms with van der Waals surface area (Å²) in [6.07, 6.45) is 5.33. The van der Waals surface area contributed by atoms with Gasteiger partial charge in [0.2, 0.25) is 11.8 Å². The summed E-state index contributed by atoms with van der Waals surface area (Å²) in [5.41, 5.74) is 3.68. The van der Waals surface area contributed by atoms with Crippen molar-refractivity contribution >= 4 is 39.3 Å². The van der Waals surface area contributed by atoms with Crippen molar-refractivity contribution in [2.24, 2.45) is 0 Å². The number of benzene rings is 3. The van der Waals surface area contributed by atoms with Crippen molar-refractivity contribution in [3.05, 3.63) is 100 Å². The highest BCUT2D eigenvalue weighted by Crippen LogP contribution is 2.27. The third-order valence-electron chi connectivity index (χ3n) is 8.14. The maximum atomic E-state index is 14.5. The number of hydrogen-bond acceptors (Lipinski definition) is 4. The summed E-state index contributed by atoms with van der Waals surface area (Å²) in [4.78, 5) is 30.1. The second-order valence-electron chi connectivity index (χ2n) is 11.8. The first-order chi connectivity index (χ1) is 21.0. The molecule has 3 aromatic rings. The zero-order valence-electron chi connectivity index (χ0n) is 26.0. The lowest BCUT2D eigenvalue weighted by Crippen LogP contribution is -2.55. The topological polar surface area (TPSA) is 90.0 Å². The molecule has 10 heteroatoms. The van der Waals surface area contributed by atoms with Crippen molar-refractivity contribution < 1.29 is 18.0 Å². The van der Waals surface area contributed by atoms with E-state index in [0.29, 0.717) is 16.3 Å². The van der Waals surface area contributed by atoms with Gasteiger partial charge in [-0.05, 0) is 67.1 Å². The minimum Gasteiger partial charge on any atom is -0.352 e. The van der Waals surface area contributed by atoms with Crippen molar-refractivity contribution in [2.45, 2.75) is 71.0 Å². The Kier molecular flexibility index (Phi) is 11.5. The first-order valence-corrected chi connectivity index (χ1v) is 16.9. The fraction of sp³-hybridized carbons (Fsp3) is 0.412. The van der Waals surface area contributed by atoms with Gasteiger partial charge >= 0.3 is 10.2 Å². The minimum absolute atomic E-state index is 0.0440. The molecule has 0 aliphatic heterocycles. The molecule has 1 atom stereocenters. The van der Waals surface area contributed by atoms with Gasteiger partial charge in [0.15, 0.2) is 0 Å². The Bertz CT molecular complexity index is 1520. The van der Waals surface area contributed by atoms with Gasteiger partial charge in [-0.1, -0.05) is 85.5 Å². The average molecular weight is 639 g/mol. The van der Waals surface area contributed by atoms with E-state index < -0.39 is 28.7 Å². The molecule has 2 amide bonds. The monoisotopic (exact) mass is 638 g/mol. The quantitative estimate of drug-likeness (QED) is 0.277. The van der Waals surface area contributed by atoms with Crippen LogP contribution in [0.4, 0.5) is 5.69 Å². The van der Waals surface area contributed by atoms with Gasteiger partial charge in [-0.3, -0.25) is 9.59 Å². The number of nitrogens with zero attached hydrogens (tertiary/aromatic N) is 3. The molecule has 4 rings (SSSR count). The van der Waals surface area contributed by atoms with Crippen LogP contribution in [0.15, 0.2) is 72.8 Å². The van der Waals surface area contributed by atoms with Gasteiger partial charge in [-0.2, -0.15) is 12.7 Å². The number of hydrogen-bond donors (Lipinski definition) is 1. The zero-order valence-corrected chi connectivity index (χ0v) is 27.6. The molecule has 0 saturated heterocycles. The Morgan fingerprint density at radius 1 is 0.909 bits per heavy atom. The second-order valence-corrected chi connectivity index (χ2v) is 14.3. The van der Waals surface area contributed by atoms with Crippen molar-refractivity contribution in [1.82, 2.24) is 14.5 Å². The number of aryl methyl sites for hydroxylation is 2. The first kappa shape index (κ1) is 33.5. The lowest BCUT2D eigenvalue weighted by Gasteiger charge is -2.35. The molecule has 1 saturated carbocycles. The highest BCUT2D eigenvalue weighted by atomic mass is 35.5. The minimum atomic E-state index is -4.06. The molecule has 1 fully saturated rings. The number of halogens is 1. The van der Waals surface area contributed by atoms with Crippen LogP contribution in [0.3, 0.4) is 0 Å². The molecule has 0 radical (unpaired) electrons. The van der Waals surface area contributed by atoms with Crippen LogP contribution in [0.2, 0.25) is 5.02 Å². The molecule has 1 aliphatic rings. The van der Waals surface area contributed by atoms with E-state index >= 15 is 0 Å². The van der Waals surface area contributed by atoms with Crippen molar-refractivity contribution in [3.63, 3.8) is 0 Å². The summed E-state index contributed by atoms with van der Waals surface area (Å²) in [7, 11) is -1.18. The van der Waals surface area contributed by atoms with Gasteiger partial charge in [-0.25, -0.2) is 4.31 Å². The fourth-order valence-corrected chi connectivity index (χ4v) is 6.81. The molecule has 0 heterocycles. The molecule has 1 aliphatic carbocycles. The lowest BCUT2D eigenvalue weighted by molar-refractivity contribution is -0.140. The Balaban J connectivity index is 1.77. The van der Waals surface area contributed by atoms with E-state index in [1.165, 1.54) is 19.0 Å². The van der Waals surface area contributed by atoms with Crippen LogP contribution in [-0.4, -0.2) is 62.2 Å². The van der Waals surface area contributed by atoms with E-state index in [2.05, 4.69) is 5.32 Å². The van der Waals surface area contributed by atoms with Crippen LogP contribution in [-0.2, 0) is 32.8 Å². The standard InChI is InChI=1S/C34H43ClN4O4S/c1-25-15-16-26(2)31(21-25)39(44(42,43)37(3)4)24-33(40)38(23-28-17-19-29(35)20-18-28)32(22-27-11-7-5-8-12-27)34(41)36-30-13-9-6-10-14-30/h5,7-8,11-12,15-21,30,32H,6,9-10,13-14,22-24H2,1-4H3,(H,36,41)/t32-/m1/s1. The zero-order chi connectivity index (χ0) is 31.9. The third kappa shape index (κ3) is 8.61. The molecule has 0 aromatic heterocycles. The maximum absolute atomic E-state index is 14.5. The van der Waals surface area contributed by atoms with E-state index in [0.717, 1.165) is 57.4 Å². The summed E-state index contributed by atoms with van der Waals surface area (Å²) in [6, 6.07) is 21.4. The predicted octanol–water partition coefficient (Wildman–Crippen LogP) is 5.66. The maximum Gasteiger partial charge on any atom is 0.304 e. The van der Waals surface area contributed by atoms with Crippen LogP contribution in [0.25, 0.3) is 0 Å². The summed E-state index contributed by atoms with van der Waals surface area (Å²) < 4.78 is 29.6. The predicted molar refractivity (Wildman–Crippen MR) is 177 cm³/mol. The summed E-state index contributed by atoms with van der Waals surface area (Å²) in [5.74, 6) is -0.720. The molecule has 44 heavy (non-hydrogen) atoms. The second kappa shape index (κ2) is 15.1. The Morgan fingerprint density at radius 2 is 1.57 bits per heavy atom. The van der Waals surface area contributed by atoms with Gasteiger partial charge in [0, 0.05) is 38.1 Å². The molecular formula is C34H43ClN4O4S. The molecule has 236 valence electrons. The number of amides is 2. The number of carbonyl (C=O) groups is 2. The van der Waals surface area contributed by atoms with Crippen LogP contribution < -0.4 is 9.62 Å². The number of rotatable bonds is 12. The van der Waals surface area contributed by atoms with E-state index in [4.69, 9.17) is 11.6 Å². The summed E-state index contributed by atoms with van der Waals surface area (Å²) in [6.45, 7) is 3.33. The molecule has 1 N–H and O–H groups in total. The molecule has 3 aromatic carbocycles. The number of nitrogens with one attached hydrogen (secondary N) is 1. The molecule has 8 nitrogen and oxygen atoms in total. The van der Waals surface area contributed by atoms with Crippen molar-refractivity contribution in [3.8, 4) is 0 Å². The van der Waals surface area contributed by atoms with Crippen LogP contribution in [0.1, 0.15) is 54.4 Å². The molecule has 0 bridgehead atoms. The fourth-order valence-electron chi connectivity index (χ4n) is 5.57. The smallest absolute Gasteiger partial charge is 0.304 e. The van der Waals surface area contributed by atoms with E-state index in [1.807, 2.05) is 68.4 Å². The van der Waals surface area contributed by atoms with Crippen LogP contribution in [0.5, 0.6) is 0 Å². The Morgan fingerprint density at radius 3 is 2.20 bits per heavy atom. The molecular weight excluding hydrogens is 596 g/mol. The van der Waals surface area contributed by atoms with E-state index in [9.17, 15) is 18.0 Å². The number of carbonyl (C=O) groups excluding carboxylic acids is 2. The highest BCUT2D eigenvalue weighted by Gasteiger charge is 2.36. The average Bonchev–Trinajstić information content (AvgIpc) is 3.00. The number of anilines is 1.